The SMILES string of the molecule is COc1cc(C)c(Cc2c(C=O)c(O)c(O)c(C)c2-c2ccc([N+](=O)[O-])cc2)c(OC)c1. The number of aryl methyl sites for hydroxylation is 1. The molecular formula is C24H23NO7. The van der Waals surface area contributed by atoms with Gasteiger partial charge in [-0.1, -0.05) is 0 Å². The second-order valence-corrected chi connectivity index (χ2v) is 7.31. The van der Waals surface area contributed by atoms with Gasteiger partial charge in [-0.2, -0.15) is 0 Å². The fourth-order valence-electron chi connectivity index (χ4n) is 3.83. The second-order valence-electron chi connectivity index (χ2n) is 7.31. The number of carbonyl (C=O) groups excluding carboxylic acids is 1. The van der Waals surface area contributed by atoms with Crippen molar-refractivity contribution in [2.45, 2.75) is 20.3 Å². The number of methoxy groups -OCH3 is 2. The third-order valence-electron chi connectivity index (χ3n) is 5.54. The van der Waals surface area contributed by atoms with Crippen molar-refractivity contribution in [2.24, 2.45) is 0 Å². The van der Waals surface area contributed by atoms with E-state index in [1.165, 1.54) is 19.2 Å². The number of nitro benzene ring substituents is 1. The van der Waals surface area contributed by atoms with Crippen LogP contribution in [0.1, 0.15) is 32.6 Å². The number of ether oxygens (including phenoxy) is 2. The number of phenols is 2. The lowest BCUT2D eigenvalue weighted by atomic mass is 9.86. The standard InChI is InChI=1S/C24H23NO7/c1-13-9-17(31-3)10-21(32-4)18(13)11-19-20(12-26)24(28)23(27)14(2)22(19)15-5-7-16(8-6-15)25(29)30/h5-10,12,27-28H,11H2,1-4H3. The van der Waals surface area contributed by atoms with Crippen molar-refractivity contribution in [3.63, 3.8) is 0 Å². The van der Waals surface area contributed by atoms with Crippen molar-refractivity contribution >= 4 is 12.0 Å². The predicted molar refractivity (Wildman–Crippen MR) is 119 cm³/mol. The van der Waals surface area contributed by atoms with Crippen molar-refractivity contribution in [1.82, 2.24) is 0 Å². The van der Waals surface area contributed by atoms with Crippen LogP contribution in [-0.4, -0.2) is 35.6 Å². The summed E-state index contributed by atoms with van der Waals surface area (Å²) in [5.74, 6) is 0.225. The summed E-state index contributed by atoms with van der Waals surface area (Å²) in [5.41, 5.74) is 3.36. The fraction of sp³-hybridized carbons (Fsp3) is 0.208. The molecule has 8 nitrogen and oxygen atoms in total. The molecule has 0 saturated carbocycles. The summed E-state index contributed by atoms with van der Waals surface area (Å²) in [4.78, 5) is 22.5. The van der Waals surface area contributed by atoms with Crippen LogP contribution < -0.4 is 9.47 Å². The number of carbonyl (C=O) groups is 1. The van der Waals surface area contributed by atoms with Crippen molar-refractivity contribution < 1.29 is 29.4 Å². The van der Waals surface area contributed by atoms with E-state index in [4.69, 9.17) is 9.47 Å². The maximum atomic E-state index is 12.0. The predicted octanol–water partition coefficient (Wildman–Crippen LogP) is 4.71. The van der Waals surface area contributed by atoms with E-state index in [0.29, 0.717) is 40.0 Å². The number of aromatic hydroxyl groups is 2. The summed E-state index contributed by atoms with van der Waals surface area (Å²) in [6.45, 7) is 3.49. The van der Waals surface area contributed by atoms with Gasteiger partial charge in [-0.15, -0.1) is 0 Å². The van der Waals surface area contributed by atoms with Gasteiger partial charge in [-0.3, -0.25) is 14.9 Å². The van der Waals surface area contributed by atoms with Crippen LogP contribution in [0.15, 0.2) is 36.4 Å². The molecule has 3 aromatic carbocycles. The van der Waals surface area contributed by atoms with Gasteiger partial charge in [0, 0.05) is 35.7 Å². The number of aldehydes is 1. The molecule has 0 aliphatic carbocycles. The molecule has 0 radical (unpaired) electrons. The summed E-state index contributed by atoms with van der Waals surface area (Å²) < 4.78 is 10.8. The van der Waals surface area contributed by atoms with Gasteiger partial charge in [-0.05, 0) is 54.3 Å². The van der Waals surface area contributed by atoms with Crippen LogP contribution in [0, 0.1) is 24.0 Å². The molecule has 0 amide bonds. The van der Waals surface area contributed by atoms with E-state index in [9.17, 15) is 25.1 Å². The zero-order valence-corrected chi connectivity index (χ0v) is 18.1. The molecule has 0 unspecified atom stereocenters. The number of phenolic OH excluding ortho intramolecular Hbond substituents is 2. The number of hydrogen-bond acceptors (Lipinski definition) is 7. The van der Waals surface area contributed by atoms with Crippen molar-refractivity contribution in [2.75, 3.05) is 14.2 Å². The molecule has 2 N–H and O–H groups in total. The molecule has 0 spiro atoms. The van der Waals surface area contributed by atoms with Crippen LogP contribution >= 0.6 is 0 Å². The smallest absolute Gasteiger partial charge is 0.269 e. The number of non-ortho nitro benzene ring substituents is 1. The Morgan fingerprint density at radius 2 is 1.66 bits per heavy atom. The maximum absolute atomic E-state index is 12.0. The third-order valence-corrected chi connectivity index (χ3v) is 5.54. The molecule has 32 heavy (non-hydrogen) atoms. The molecule has 0 aliphatic rings. The Bertz CT molecular complexity index is 1200. The fourth-order valence-corrected chi connectivity index (χ4v) is 3.83. The maximum Gasteiger partial charge on any atom is 0.269 e. The van der Waals surface area contributed by atoms with Gasteiger partial charge < -0.3 is 19.7 Å². The normalized spacial score (nSPS) is 10.6. The van der Waals surface area contributed by atoms with Crippen LogP contribution in [0.2, 0.25) is 0 Å². The van der Waals surface area contributed by atoms with Gasteiger partial charge in [0.2, 0.25) is 0 Å². The number of nitrogens with zero attached hydrogens (tertiary/aromatic N) is 1. The van der Waals surface area contributed by atoms with Gasteiger partial charge in [0.15, 0.2) is 17.8 Å². The van der Waals surface area contributed by atoms with E-state index in [1.807, 2.05) is 13.0 Å². The minimum Gasteiger partial charge on any atom is -0.504 e. The molecule has 166 valence electrons. The Balaban J connectivity index is 2.30. The molecule has 3 rings (SSSR count). The zero-order valence-electron chi connectivity index (χ0n) is 18.1. The minimum absolute atomic E-state index is 0.0567. The minimum atomic E-state index is -0.511. The Kier molecular flexibility index (Phi) is 6.34. The summed E-state index contributed by atoms with van der Waals surface area (Å²) in [5, 5.41) is 32.0. The van der Waals surface area contributed by atoms with Crippen molar-refractivity contribution in [1.29, 1.82) is 0 Å². The molecular weight excluding hydrogens is 414 g/mol. The van der Waals surface area contributed by atoms with Gasteiger partial charge in [-0.25, -0.2) is 0 Å². The molecule has 0 fully saturated rings. The number of hydrogen-bond donors (Lipinski definition) is 2. The highest BCUT2D eigenvalue weighted by atomic mass is 16.6. The van der Waals surface area contributed by atoms with E-state index < -0.39 is 16.4 Å². The lowest BCUT2D eigenvalue weighted by molar-refractivity contribution is -0.384. The highest BCUT2D eigenvalue weighted by Gasteiger charge is 2.24. The number of rotatable bonds is 7. The average Bonchev–Trinajstić information content (AvgIpc) is 2.79. The van der Waals surface area contributed by atoms with Gasteiger partial charge in [0.25, 0.3) is 5.69 Å². The van der Waals surface area contributed by atoms with E-state index >= 15 is 0 Å². The van der Waals surface area contributed by atoms with Gasteiger partial charge in [0.1, 0.15) is 11.5 Å². The monoisotopic (exact) mass is 437 g/mol. The summed E-state index contributed by atoms with van der Waals surface area (Å²) in [6.07, 6.45) is 0.693. The van der Waals surface area contributed by atoms with E-state index in [2.05, 4.69) is 0 Å². The largest absolute Gasteiger partial charge is 0.504 e. The van der Waals surface area contributed by atoms with Crippen LogP contribution in [0.4, 0.5) is 5.69 Å². The van der Waals surface area contributed by atoms with E-state index in [0.717, 1.165) is 11.1 Å². The van der Waals surface area contributed by atoms with Crippen LogP contribution in [0.5, 0.6) is 23.0 Å². The lowest BCUT2D eigenvalue weighted by Gasteiger charge is -2.21. The van der Waals surface area contributed by atoms with Crippen molar-refractivity contribution in [3.8, 4) is 34.1 Å². The molecule has 0 aliphatic heterocycles. The first-order valence-corrected chi connectivity index (χ1v) is 9.72. The molecule has 3 aromatic rings. The molecule has 0 aromatic heterocycles. The van der Waals surface area contributed by atoms with Crippen LogP contribution in [0.25, 0.3) is 11.1 Å². The van der Waals surface area contributed by atoms with E-state index in [1.54, 1.807) is 32.2 Å². The summed E-state index contributed by atoms with van der Waals surface area (Å²) in [6, 6.07) is 9.35. The Hall–Kier alpha value is -4.07. The molecule has 8 heteroatoms. The molecule has 0 atom stereocenters. The molecule has 0 saturated heterocycles. The van der Waals surface area contributed by atoms with Gasteiger partial charge >= 0.3 is 0 Å². The summed E-state index contributed by atoms with van der Waals surface area (Å²) >= 11 is 0. The number of nitro groups is 1. The molecule has 0 bridgehead atoms. The van der Waals surface area contributed by atoms with E-state index in [-0.39, 0.29) is 17.7 Å². The Morgan fingerprint density at radius 3 is 2.19 bits per heavy atom. The Morgan fingerprint density at radius 1 is 1.00 bits per heavy atom. The lowest BCUT2D eigenvalue weighted by Crippen LogP contribution is -2.05. The topological polar surface area (TPSA) is 119 Å². The first-order chi connectivity index (χ1) is 15.2. The molecule has 0 heterocycles. The quantitative estimate of drug-likeness (QED) is 0.238. The highest BCUT2D eigenvalue weighted by Crippen LogP contribution is 2.44. The highest BCUT2D eigenvalue weighted by molar-refractivity contribution is 5.91. The first-order valence-electron chi connectivity index (χ1n) is 9.72. The third kappa shape index (κ3) is 3.94. The van der Waals surface area contributed by atoms with Crippen molar-refractivity contribution in [3.05, 3.63) is 74.3 Å². The second kappa shape index (κ2) is 8.97. The average molecular weight is 437 g/mol. The Labute approximate surface area is 184 Å². The zero-order chi connectivity index (χ0) is 23.6. The van der Waals surface area contributed by atoms with Crippen LogP contribution in [-0.2, 0) is 6.42 Å². The number of benzene rings is 3. The summed E-state index contributed by atoms with van der Waals surface area (Å²) in [7, 11) is 3.07. The first kappa shape index (κ1) is 22.6. The van der Waals surface area contributed by atoms with Crippen LogP contribution in [0.3, 0.4) is 0 Å². The van der Waals surface area contributed by atoms with Gasteiger partial charge in [0.05, 0.1) is 24.7 Å².